The fourth-order valence-electron chi connectivity index (χ4n) is 2.72. The van der Waals surface area contributed by atoms with Crippen LogP contribution in [-0.2, 0) is 10.5 Å². The van der Waals surface area contributed by atoms with Crippen molar-refractivity contribution in [3.05, 3.63) is 105 Å². The van der Waals surface area contributed by atoms with Gasteiger partial charge >= 0.3 is 0 Å². The molecule has 0 unspecified atom stereocenters. The first-order chi connectivity index (χ1) is 14.4. The van der Waals surface area contributed by atoms with Gasteiger partial charge < -0.3 is 5.32 Å². The summed E-state index contributed by atoms with van der Waals surface area (Å²) in [6, 6.07) is 19.7. The summed E-state index contributed by atoms with van der Waals surface area (Å²) in [6.45, 7) is 0. The fourth-order valence-corrected chi connectivity index (χ4v) is 3.68. The Hall–Kier alpha value is -3.16. The van der Waals surface area contributed by atoms with Crippen LogP contribution in [0.2, 0.25) is 5.02 Å². The highest BCUT2D eigenvalue weighted by atomic mass is 35.5. The molecule has 6 nitrogen and oxygen atoms in total. The lowest BCUT2D eigenvalue weighted by Crippen LogP contribution is -2.17. The van der Waals surface area contributed by atoms with Gasteiger partial charge in [0.05, 0.1) is 16.4 Å². The van der Waals surface area contributed by atoms with Crippen LogP contribution in [0.4, 0.5) is 11.4 Å². The van der Waals surface area contributed by atoms with E-state index in [1.54, 1.807) is 48.5 Å². The summed E-state index contributed by atoms with van der Waals surface area (Å²) in [4.78, 5) is 35.4. The number of nitro groups is 1. The number of hydrogen-bond acceptors (Lipinski definition) is 5. The van der Waals surface area contributed by atoms with Crippen LogP contribution in [0.1, 0.15) is 21.5 Å². The summed E-state index contributed by atoms with van der Waals surface area (Å²) in [5.41, 5.74) is 2.13. The van der Waals surface area contributed by atoms with Gasteiger partial charge in [-0.3, -0.25) is 19.7 Å². The lowest BCUT2D eigenvalue weighted by molar-refractivity contribution is -0.384. The van der Waals surface area contributed by atoms with Crippen molar-refractivity contribution in [2.45, 2.75) is 5.75 Å². The number of nitrogens with one attached hydrogen (secondary N) is 1. The number of rotatable bonds is 8. The van der Waals surface area contributed by atoms with Gasteiger partial charge in [-0.2, -0.15) is 0 Å². The van der Waals surface area contributed by atoms with E-state index in [0.29, 0.717) is 27.6 Å². The fraction of sp³-hybridized carbons (Fsp3) is 0.0909. The average molecular weight is 441 g/mol. The summed E-state index contributed by atoms with van der Waals surface area (Å²) in [5.74, 6) is 0.207. The molecule has 1 N–H and O–H groups in total. The lowest BCUT2D eigenvalue weighted by Gasteiger charge is -2.11. The topological polar surface area (TPSA) is 89.3 Å². The molecule has 0 atom stereocenters. The van der Waals surface area contributed by atoms with E-state index >= 15 is 0 Å². The minimum atomic E-state index is -0.454. The largest absolute Gasteiger partial charge is 0.325 e. The van der Waals surface area contributed by atoms with Crippen molar-refractivity contribution >= 4 is 46.4 Å². The van der Waals surface area contributed by atoms with Crippen LogP contribution in [0, 0.1) is 10.1 Å². The third kappa shape index (κ3) is 5.68. The molecular weight excluding hydrogens is 424 g/mol. The van der Waals surface area contributed by atoms with Gasteiger partial charge in [0.25, 0.3) is 5.69 Å². The lowest BCUT2D eigenvalue weighted by atomic mass is 10.0. The second kappa shape index (κ2) is 10.0. The number of non-ortho nitro benzene ring substituents is 1. The normalized spacial score (nSPS) is 10.4. The molecule has 1 amide bonds. The summed E-state index contributed by atoms with van der Waals surface area (Å²) in [7, 11) is 0. The highest BCUT2D eigenvalue weighted by molar-refractivity contribution is 7.99. The highest BCUT2D eigenvalue weighted by Gasteiger charge is 2.16. The molecule has 0 aromatic heterocycles. The summed E-state index contributed by atoms with van der Waals surface area (Å²) >= 11 is 7.42. The third-order valence-corrected chi connectivity index (χ3v) is 5.42. The van der Waals surface area contributed by atoms with E-state index < -0.39 is 4.92 Å². The summed E-state index contributed by atoms with van der Waals surface area (Å²) in [5, 5.41) is 13.9. The number of halogens is 1. The number of carbonyl (C=O) groups is 2. The zero-order valence-corrected chi connectivity index (χ0v) is 17.3. The second-order valence-corrected chi connectivity index (χ2v) is 7.77. The van der Waals surface area contributed by atoms with Crippen LogP contribution in [0.3, 0.4) is 0 Å². The van der Waals surface area contributed by atoms with Crippen molar-refractivity contribution in [3.8, 4) is 0 Å². The number of nitro benzene ring substituents is 1. The number of amides is 1. The van der Waals surface area contributed by atoms with Crippen molar-refractivity contribution < 1.29 is 14.5 Å². The van der Waals surface area contributed by atoms with E-state index in [0.717, 1.165) is 5.56 Å². The van der Waals surface area contributed by atoms with Gasteiger partial charge in [0.2, 0.25) is 5.91 Å². The van der Waals surface area contributed by atoms with Gasteiger partial charge in [-0.05, 0) is 23.8 Å². The van der Waals surface area contributed by atoms with E-state index in [1.165, 1.54) is 30.0 Å². The molecule has 3 rings (SSSR count). The van der Waals surface area contributed by atoms with Gasteiger partial charge in [0, 0.05) is 34.0 Å². The molecule has 8 heteroatoms. The predicted octanol–water partition coefficient (Wildman–Crippen LogP) is 5.35. The van der Waals surface area contributed by atoms with Gasteiger partial charge in [0.15, 0.2) is 5.78 Å². The Balaban J connectivity index is 1.62. The Labute approximate surface area is 182 Å². The maximum absolute atomic E-state index is 12.8. The molecule has 0 radical (unpaired) electrons. The Morgan fingerprint density at radius 2 is 1.70 bits per heavy atom. The molecular formula is C22H17ClN2O4S. The number of anilines is 1. The molecule has 0 aliphatic rings. The zero-order valence-electron chi connectivity index (χ0n) is 15.7. The first-order valence-electron chi connectivity index (χ1n) is 8.94. The highest BCUT2D eigenvalue weighted by Crippen LogP contribution is 2.24. The minimum absolute atomic E-state index is 0.0276. The van der Waals surface area contributed by atoms with Crippen molar-refractivity contribution in [2.24, 2.45) is 0 Å². The van der Waals surface area contributed by atoms with Crippen molar-refractivity contribution in [1.82, 2.24) is 0 Å². The molecule has 0 heterocycles. The van der Waals surface area contributed by atoms with Crippen LogP contribution in [0.5, 0.6) is 0 Å². The molecule has 0 aliphatic heterocycles. The van der Waals surface area contributed by atoms with Gasteiger partial charge in [0.1, 0.15) is 0 Å². The van der Waals surface area contributed by atoms with E-state index in [9.17, 15) is 19.7 Å². The van der Waals surface area contributed by atoms with Crippen LogP contribution >= 0.6 is 23.4 Å². The van der Waals surface area contributed by atoms with E-state index in [2.05, 4.69) is 5.32 Å². The Kier molecular flexibility index (Phi) is 7.21. The molecule has 0 saturated carbocycles. The molecule has 0 spiro atoms. The molecule has 152 valence electrons. The first kappa shape index (κ1) is 21.5. The number of carbonyl (C=O) groups excluding carboxylic acids is 2. The molecule has 3 aromatic carbocycles. The number of nitrogens with zero attached hydrogens (tertiary/aromatic N) is 1. The number of ketones is 1. The van der Waals surface area contributed by atoms with Gasteiger partial charge in [-0.1, -0.05) is 54.1 Å². The van der Waals surface area contributed by atoms with Gasteiger partial charge in [-0.15, -0.1) is 11.8 Å². The van der Waals surface area contributed by atoms with Crippen molar-refractivity contribution in [2.75, 3.05) is 11.1 Å². The quantitative estimate of drug-likeness (QED) is 0.289. The van der Waals surface area contributed by atoms with Crippen LogP contribution in [-0.4, -0.2) is 22.4 Å². The number of thioether (sulfide) groups is 1. The zero-order chi connectivity index (χ0) is 21.5. The maximum Gasteiger partial charge on any atom is 0.269 e. The van der Waals surface area contributed by atoms with Crippen LogP contribution in [0.25, 0.3) is 0 Å². The molecule has 0 bridgehead atoms. The molecule has 0 saturated heterocycles. The van der Waals surface area contributed by atoms with E-state index in [1.807, 2.05) is 6.07 Å². The second-order valence-electron chi connectivity index (χ2n) is 6.35. The predicted molar refractivity (Wildman–Crippen MR) is 119 cm³/mol. The summed E-state index contributed by atoms with van der Waals surface area (Å²) in [6.07, 6.45) is 0. The van der Waals surface area contributed by atoms with Crippen LogP contribution < -0.4 is 5.32 Å². The molecule has 0 fully saturated rings. The Morgan fingerprint density at radius 3 is 2.37 bits per heavy atom. The van der Waals surface area contributed by atoms with Gasteiger partial charge in [-0.25, -0.2) is 0 Å². The number of hydrogen-bond donors (Lipinski definition) is 1. The molecule has 3 aromatic rings. The SMILES string of the molecule is O=C(CSCc1ccc([N+](=O)[O-])cc1)Nc1ccc(Cl)cc1C(=O)c1ccccc1. The van der Waals surface area contributed by atoms with Crippen molar-refractivity contribution in [1.29, 1.82) is 0 Å². The third-order valence-electron chi connectivity index (χ3n) is 4.19. The molecule has 30 heavy (non-hydrogen) atoms. The van der Waals surface area contributed by atoms with Crippen LogP contribution in [0.15, 0.2) is 72.8 Å². The summed E-state index contributed by atoms with van der Waals surface area (Å²) < 4.78 is 0. The first-order valence-corrected chi connectivity index (χ1v) is 10.5. The monoisotopic (exact) mass is 440 g/mol. The Bertz CT molecular complexity index is 1070. The number of benzene rings is 3. The smallest absolute Gasteiger partial charge is 0.269 e. The Morgan fingerprint density at radius 1 is 1.00 bits per heavy atom. The molecule has 0 aliphatic carbocycles. The van der Waals surface area contributed by atoms with E-state index in [4.69, 9.17) is 11.6 Å². The average Bonchev–Trinajstić information content (AvgIpc) is 2.75. The maximum atomic E-state index is 12.8. The van der Waals surface area contributed by atoms with E-state index in [-0.39, 0.29) is 23.1 Å². The standard InChI is InChI=1S/C22H17ClN2O4S/c23-17-8-11-20(19(12-17)22(27)16-4-2-1-3-5-16)24-21(26)14-30-13-15-6-9-18(10-7-15)25(28)29/h1-12H,13-14H2,(H,24,26). The van der Waals surface area contributed by atoms with Crippen molar-refractivity contribution in [3.63, 3.8) is 0 Å². The minimum Gasteiger partial charge on any atom is -0.325 e.